The lowest BCUT2D eigenvalue weighted by atomic mass is 9.93. The predicted octanol–water partition coefficient (Wildman–Crippen LogP) is 0.563. The molecule has 1 aromatic rings. The topological polar surface area (TPSA) is 59.2 Å². The van der Waals surface area contributed by atoms with Crippen LogP contribution in [-0.2, 0) is 0 Å². The van der Waals surface area contributed by atoms with Crippen molar-refractivity contribution in [1.82, 2.24) is 9.88 Å². The fraction of sp³-hybridized carbons (Fsp3) is 0.455. The third-order valence-electron chi connectivity index (χ3n) is 2.50. The van der Waals surface area contributed by atoms with Crippen LogP contribution in [0.5, 0.6) is 0 Å². The van der Waals surface area contributed by atoms with E-state index >= 15 is 0 Å². The molecule has 15 heavy (non-hydrogen) atoms. The maximum Gasteiger partial charge on any atom is 0.272 e. The number of aryl methyl sites for hydroxylation is 1. The minimum atomic E-state index is -0.223. The molecule has 0 unspecified atom stereocenters. The Morgan fingerprint density at radius 1 is 1.53 bits per heavy atom. The van der Waals surface area contributed by atoms with E-state index in [-0.39, 0.29) is 11.4 Å². The van der Waals surface area contributed by atoms with Gasteiger partial charge in [-0.25, -0.2) is 4.98 Å². The molecule has 1 amide bonds. The summed E-state index contributed by atoms with van der Waals surface area (Å²) in [5.41, 5.74) is 6.98. The molecule has 1 aromatic heterocycles. The van der Waals surface area contributed by atoms with Crippen molar-refractivity contribution in [2.75, 3.05) is 13.1 Å². The fourth-order valence-electron chi connectivity index (χ4n) is 1.79. The number of nitrogens with zero attached hydrogens (tertiary/aromatic N) is 2. The van der Waals surface area contributed by atoms with Crippen molar-refractivity contribution in [2.45, 2.75) is 19.4 Å². The number of amides is 1. The quantitative estimate of drug-likeness (QED) is 0.729. The minimum Gasteiger partial charge on any atom is -0.334 e. The van der Waals surface area contributed by atoms with Crippen LogP contribution >= 0.6 is 0 Å². The summed E-state index contributed by atoms with van der Waals surface area (Å²) in [5, 5.41) is 0. The molecule has 0 spiro atoms. The molecule has 80 valence electrons. The molecule has 1 fully saturated rings. The number of likely N-dealkylation sites (tertiary alicyclic amines) is 1. The molecular weight excluding hydrogens is 190 g/mol. The third-order valence-corrected chi connectivity index (χ3v) is 2.50. The molecule has 2 N–H and O–H groups in total. The summed E-state index contributed by atoms with van der Waals surface area (Å²) in [6, 6.07) is 5.46. The standard InChI is InChI=1S/C11H15N3O/c1-8-4-3-5-9(13-8)10(15)14-6-11(2,12)7-14/h3-5H,6-7,12H2,1-2H3. The molecule has 1 aliphatic heterocycles. The average molecular weight is 205 g/mol. The largest absolute Gasteiger partial charge is 0.334 e. The van der Waals surface area contributed by atoms with Crippen LogP contribution < -0.4 is 5.73 Å². The van der Waals surface area contributed by atoms with Crippen molar-refractivity contribution in [1.29, 1.82) is 0 Å². The lowest BCUT2D eigenvalue weighted by molar-refractivity contribution is 0.0447. The minimum absolute atomic E-state index is 0.0263. The van der Waals surface area contributed by atoms with Gasteiger partial charge in [-0.05, 0) is 26.0 Å². The van der Waals surface area contributed by atoms with Gasteiger partial charge in [-0.2, -0.15) is 0 Å². The van der Waals surface area contributed by atoms with E-state index in [0.29, 0.717) is 18.8 Å². The van der Waals surface area contributed by atoms with E-state index in [4.69, 9.17) is 5.73 Å². The fourth-order valence-corrected chi connectivity index (χ4v) is 1.79. The van der Waals surface area contributed by atoms with Gasteiger partial charge in [0.25, 0.3) is 5.91 Å². The van der Waals surface area contributed by atoms with Gasteiger partial charge in [-0.1, -0.05) is 6.07 Å². The van der Waals surface area contributed by atoms with Crippen molar-refractivity contribution in [3.8, 4) is 0 Å². The Hall–Kier alpha value is -1.42. The molecule has 2 heterocycles. The van der Waals surface area contributed by atoms with E-state index < -0.39 is 0 Å². The molecule has 0 atom stereocenters. The van der Waals surface area contributed by atoms with E-state index in [9.17, 15) is 4.79 Å². The smallest absolute Gasteiger partial charge is 0.272 e. The summed E-state index contributed by atoms with van der Waals surface area (Å²) < 4.78 is 0. The zero-order chi connectivity index (χ0) is 11.1. The SMILES string of the molecule is Cc1cccc(C(=O)N2CC(C)(N)C2)n1. The number of pyridine rings is 1. The first-order chi connectivity index (χ1) is 6.98. The Morgan fingerprint density at radius 2 is 2.20 bits per heavy atom. The predicted molar refractivity (Wildman–Crippen MR) is 57.5 cm³/mol. The highest BCUT2D eigenvalue weighted by Gasteiger charge is 2.38. The highest BCUT2D eigenvalue weighted by atomic mass is 16.2. The van der Waals surface area contributed by atoms with Crippen LogP contribution in [0.3, 0.4) is 0 Å². The molecule has 1 aliphatic rings. The molecule has 2 rings (SSSR count). The van der Waals surface area contributed by atoms with Gasteiger partial charge in [0.05, 0.1) is 0 Å². The van der Waals surface area contributed by atoms with E-state index in [0.717, 1.165) is 5.69 Å². The van der Waals surface area contributed by atoms with Crippen LogP contribution in [0.2, 0.25) is 0 Å². The monoisotopic (exact) mass is 205 g/mol. The van der Waals surface area contributed by atoms with E-state index in [1.54, 1.807) is 11.0 Å². The zero-order valence-electron chi connectivity index (χ0n) is 9.03. The van der Waals surface area contributed by atoms with Crippen LogP contribution in [0.25, 0.3) is 0 Å². The van der Waals surface area contributed by atoms with Gasteiger partial charge >= 0.3 is 0 Å². The van der Waals surface area contributed by atoms with Crippen molar-refractivity contribution in [2.24, 2.45) is 5.73 Å². The molecule has 0 saturated carbocycles. The Kier molecular flexibility index (Phi) is 2.23. The number of hydrogen-bond donors (Lipinski definition) is 1. The summed E-state index contributed by atoms with van der Waals surface area (Å²) in [6.45, 7) is 5.04. The van der Waals surface area contributed by atoms with Crippen molar-refractivity contribution < 1.29 is 4.79 Å². The van der Waals surface area contributed by atoms with Crippen LogP contribution in [0, 0.1) is 6.92 Å². The van der Waals surface area contributed by atoms with Crippen LogP contribution in [0.1, 0.15) is 23.1 Å². The number of carbonyl (C=O) groups is 1. The summed E-state index contributed by atoms with van der Waals surface area (Å²) in [4.78, 5) is 17.8. The van der Waals surface area contributed by atoms with Crippen LogP contribution in [0.15, 0.2) is 18.2 Å². The van der Waals surface area contributed by atoms with Crippen molar-refractivity contribution in [3.05, 3.63) is 29.6 Å². The molecule has 0 aliphatic carbocycles. The second-order valence-corrected chi connectivity index (χ2v) is 4.48. The Bertz CT molecular complexity index is 393. The van der Waals surface area contributed by atoms with Crippen molar-refractivity contribution in [3.63, 3.8) is 0 Å². The van der Waals surface area contributed by atoms with E-state index in [2.05, 4.69) is 4.98 Å². The molecule has 0 radical (unpaired) electrons. The second kappa shape index (κ2) is 3.31. The molecule has 0 aromatic carbocycles. The summed E-state index contributed by atoms with van der Waals surface area (Å²) in [7, 11) is 0. The van der Waals surface area contributed by atoms with Crippen molar-refractivity contribution >= 4 is 5.91 Å². The number of carbonyl (C=O) groups excluding carboxylic acids is 1. The molecule has 4 nitrogen and oxygen atoms in total. The normalized spacial score (nSPS) is 18.5. The van der Waals surface area contributed by atoms with Gasteiger partial charge in [0.2, 0.25) is 0 Å². The van der Waals surface area contributed by atoms with Crippen LogP contribution in [0.4, 0.5) is 0 Å². The van der Waals surface area contributed by atoms with Gasteiger partial charge in [0, 0.05) is 24.3 Å². The third kappa shape index (κ3) is 1.99. The highest BCUT2D eigenvalue weighted by molar-refractivity contribution is 5.93. The number of aromatic nitrogens is 1. The van der Waals surface area contributed by atoms with E-state index in [1.165, 1.54) is 0 Å². The first-order valence-electron chi connectivity index (χ1n) is 5.00. The molecule has 1 saturated heterocycles. The molecule has 0 bridgehead atoms. The van der Waals surface area contributed by atoms with Gasteiger partial charge in [-0.15, -0.1) is 0 Å². The second-order valence-electron chi connectivity index (χ2n) is 4.48. The van der Waals surface area contributed by atoms with Crippen LogP contribution in [-0.4, -0.2) is 34.4 Å². The van der Waals surface area contributed by atoms with Gasteiger partial charge in [0.15, 0.2) is 0 Å². The first-order valence-corrected chi connectivity index (χ1v) is 5.00. The van der Waals surface area contributed by atoms with Gasteiger partial charge < -0.3 is 10.6 Å². The lowest BCUT2D eigenvalue weighted by Crippen LogP contribution is -2.66. The summed E-state index contributed by atoms with van der Waals surface area (Å²) >= 11 is 0. The lowest BCUT2D eigenvalue weighted by Gasteiger charge is -2.45. The maximum atomic E-state index is 11.9. The molecule has 4 heteroatoms. The zero-order valence-corrected chi connectivity index (χ0v) is 9.03. The summed E-state index contributed by atoms with van der Waals surface area (Å²) in [6.07, 6.45) is 0. The molecular formula is C11H15N3O. The van der Waals surface area contributed by atoms with E-state index in [1.807, 2.05) is 26.0 Å². The average Bonchev–Trinajstić information content (AvgIpc) is 2.13. The number of nitrogens with two attached hydrogens (primary N) is 1. The summed E-state index contributed by atoms with van der Waals surface area (Å²) in [5.74, 6) is -0.0263. The first kappa shape index (κ1) is 10.1. The Labute approximate surface area is 89.1 Å². The number of rotatable bonds is 1. The Morgan fingerprint density at radius 3 is 2.73 bits per heavy atom. The maximum absolute atomic E-state index is 11.9. The Balaban J connectivity index is 2.10. The van der Waals surface area contributed by atoms with Gasteiger partial charge in [-0.3, -0.25) is 4.79 Å². The highest BCUT2D eigenvalue weighted by Crippen LogP contribution is 2.19. The van der Waals surface area contributed by atoms with Gasteiger partial charge in [0.1, 0.15) is 5.69 Å². The number of hydrogen-bond acceptors (Lipinski definition) is 3.